The molecular weight excluding hydrogens is 308 g/mol. The van der Waals surface area contributed by atoms with Gasteiger partial charge in [0.15, 0.2) is 4.60 Å². The zero-order valence-electron chi connectivity index (χ0n) is 11.9. The zero-order valence-corrected chi connectivity index (χ0v) is 13.5. The third-order valence-corrected chi connectivity index (χ3v) is 5.02. The molecule has 0 aliphatic heterocycles. The number of aliphatic hydroxyl groups is 1. The molecule has 0 aromatic carbocycles. The van der Waals surface area contributed by atoms with Crippen molar-refractivity contribution in [1.29, 1.82) is 0 Å². The molecule has 1 fully saturated rings. The highest BCUT2D eigenvalue weighted by Crippen LogP contribution is 2.45. The van der Waals surface area contributed by atoms with E-state index in [0.29, 0.717) is 4.60 Å². The molecule has 1 aliphatic rings. The van der Waals surface area contributed by atoms with Crippen LogP contribution in [-0.2, 0) is 7.05 Å². The fourth-order valence-corrected chi connectivity index (χ4v) is 4.03. The van der Waals surface area contributed by atoms with Gasteiger partial charge in [0.05, 0.1) is 5.54 Å². The van der Waals surface area contributed by atoms with Crippen molar-refractivity contribution in [3.63, 3.8) is 0 Å². The molecule has 108 valence electrons. The van der Waals surface area contributed by atoms with Crippen LogP contribution in [0, 0.1) is 0 Å². The van der Waals surface area contributed by atoms with Crippen LogP contribution in [0.15, 0.2) is 4.60 Å². The average Bonchev–Trinajstić information content (AvgIpc) is 2.99. The molecule has 0 bridgehead atoms. The van der Waals surface area contributed by atoms with Gasteiger partial charge in [0.2, 0.25) is 0 Å². The summed E-state index contributed by atoms with van der Waals surface area (Å²) in [5.74, 6) is 0. The Hall–Kier alpha value is -0.460. The van der Waals surface area contributed by atoms with Crippen molar-refractivity contribution in [1.82, 2.24) is 19.9 Å². The second kappa shape index (κ2) is 5.89. The quantitative estimate of drug-likeness (QED) is 0.899. The Morgan fingerprint density at radius 1 is 1.37 bits per heavy atom. The molecular formula is C13H23BrN4O. The number of likely N-dealkylation sites (N-methyl/N-ethyl adjacent to an activating group) is 1. The second-order valence-corrected chi connectivity index (χ2v) is 6.03. The van der Waals surface area contributed by atoms with E-state index in [-0.39, 0.29) is 5.54 Å². The van der Waals surface area contributed by atoms with Crippen LogP contribution in [-0.4, -0.2) is 43.6 Å². The van der Waals surface area contributed by atoms with Crippen LogP contribution < -0.4 is 0 Å². The molecule has 1 atom stereocenters. The molecule has 1 aliphatic carbocycles. The van der Waals surface area contributed by atoms with Gasteiger partial charge in [-0.15, -0.1) is 5.10 Å². The smallest absolute Gasteiger partial charge is 0.154 e. The molecule has 6 heteroatoms. The molecule has 1 aromatic heterocycles. The fraction of sp³-hybridized carbons (Fsp3) is 0.846. The Balaban J connectivity index is 2.39. The Bertz CT molecular complexity index is 405. The lowest BCUT2D eigenvalue weighted by molar-refractivity contribution is -0.0312. The molecule has 1 aromatic rings. The fourth-order valence-electron chi connectivity index (χ4n) is 3.49. The van der Waals surface area contributed by atoms with Gasteiger partial charge in [0.1, 0.15) is 11.8 Å². The molecule has 1 unspecified atom stereocenters. The lowest BCUT2D eigenvalue weighted by Gasteiger charge is -2.43. The van der Waals surface area contributed by atoms with Crippen LogP contribution in [0.3, 0.4) is 0 Å². The van der Waals surface area contributed by atoms with Crippen molar-refractivity contribution in [3.8, 4) is 0 Å². The van der Waals surface area contributed by atoms with Gasteiger partial charge in [-0.25, -0.2) is 4.68 Å². The van der Waals surface area contributed by atoms with Crippen LogP contribution in [0.25, 0.3) is 0 Å². The minimum atomic E-state index is -0.552. The van der Waals surface area contributed by atoms with Crippen molar-refractivity contribution in [3.05, 3.63) is 10.3 Å². The Morgan fingerprint density at radius 3 is 2.37 bits per heavy atom. The number of aryl methyl sites for hydroxylation is 1. The van der Waals surface area contributed by atoms with Gasteiger partial charge in [-0.3, -0.25) is 4.90 Å². The van der Waals surface area contributed by atoms with Gasteiger partial charge in [-0.2, -0.15) is 0 Å². The topological polar surface area (TPSA) is 54.2 Å². The number of rotatable bonds is 5. The number of hydrogen-bond donors (Lipinski definition) is 1. The number of halogens is 1. The molecule has 1 saturated carbocycles. The molecule has 2 rings (SSSR count). The Morgan fingerprint density at radius 2 is 1.95 bits per heavy atom. The lowest BCUT2D eigenvalue weighted by atomic mass is 9.86. The molecule has 19 heavy (non-hydrogen) atoms. The van der Waals surface area contributed by atoms with Gasteiger partial charge in [0.25, 0.3) is 0 Å². The summed E-state index contributed by atoms with van der Waals surface area (Å²) in [5, 5.41) is 19.0. The predicted molar refractivity (Wildman–Crippen MR) is 77.8 cm³/mol. The average molecular weight is 331 g/mol. The number of nitrogens with zero attached hydrogens (tertiary/aromatic N) is 4. The van der Waals surface area contributed by atoms with E-state index in [2.05, 4.69) is 45.0 Å². The van der Waals surface area contributed by atoms with E-state index in [1.807, 2.05) is 7.05 Å². The molecule has 5 nitrogen and oxygen atoms in total. The van der Waals surface area contributed by atoms with Crippen molar-refractivity contribution in [2.24, 2.45) is 7.05 Å². The van der Waals surface area contributed by atoms with Gasteiger partial charge in [-0.05, 0) is 41.9 Å². The first kappa shape index (κ1) is 14.9. The van der Waals surface area contributed by atoms with Gasteiger partial charge >= 0.3 is 0 Å². The predicted octanol–water partition coefficient (Wildman–Crippen LogP) is 2.27. The summed E-state index contributed by atoms with van der Waals surface area (Å²) in [7, 11) is 1.83. The van der Waals surface area contributed by atoms with E-state index in [4.69, 9.17) is 0 Å². The summed E-state index contributed by atoms with van der Waals surface area (Å²) >= 11 is 3.41. The SMILES string of the molecule is CCN(CC)C1(C(O)c2c(Br)nnn2C)CCCC1. The number of aromatic nitrogens is 3. The largest absolute Gasteiger partial charge is 0.385 e. The zero-order chi connectivity index (χ0) is 14.0. The first-order valence-corrected chi connectivity index (χ1v) is 7.84. The van der Waals surface area contributed by atoms with Crippen molar-refractivity contribution >= 4 is 15.9 Å². The van der Waals surface area contributed by atoms with Crippen LogP contribution >= 0.6 is 15.9 Å². The second-order valence-electron chi connectivity index (χ2n) is 5.27. The highest BCUT2D eigenvalue weighted by molar-refractivity contribution is 9.10. The van der Waals surface area contributed by atoms with Gasteiger partial charge in [-0.1, -0.05) is 31.9 Å². The van der Waals surface area contributed by atoms with E-state index in [0.717, 1.165) is 31.6 Å². The van der Waals surface area contributed by atoms with Gasteiger partial charge in [0, 0.05) is 7.05 Å². The highest BCUT2D eigenvalue weighted by Gasteiger charge is 2.46. The molecule has 0 spiro atoms. The third-order valence-electron chi connectivity index (χ3n) is 4.46. The molecule has 1 N–H and O–H groups in total. The summed E-state index contributed by atoms with van der Waals surface area (Å²) in [6.07, 6.45) is 3.87. The van der Waals surface area contributed by atoms with Crippen LogP contribution in [0.1, 0.15) is 51.3 Å². The molecule has 0 radical (unpaired) electrons. The maximum atomic E-state index is 11.0. The highest BCUT2D eigenvalue weighted by atomic mass is 79.9. The summed E-state index contributed by atoms with van der Waals surface area (Å²) in [6, 6.07) is 0. The number of hydrogen-bond acceptors (Lipinski definition) is 4. The Labute approximate surface area is 123 Å². The van der Waals surface area contributed by atoms with Crippen LogP contribution in [0.5, 0.6) is 0 Å². The number of aliphatic hydroxyl groups excluding tert-OH is 1. The monoisotopic (exact) mass is 330 g/mol. The van der Waals surface area contributed by atoms with Crippen molar-refractivity contribution in [2.45, 2.75) is 51.2 Å². The first-order chi connectivity index (χ1) is 9.06. The van der Waals surface area contributed by atoms with Gasteiger partial charge < -0.3 is 5.11 Å². The maximum absolute atomic E-state index is 11.0. The molecule has 0 amide bonds. The van der Waals surface area contributed by atoms with E-state index in [1.165, 1.54) is 12.8 Å². The third kappa shape index (κ3) is 2.45. The van der Waals surface area contributed by atoms with Crippen LogP contribution in [0.2, 0.25) is 0 Å². The molecule has 1 heterocycles. The van der Waals surface area contributed by atoms with Crippen molar-refractivity contribution in [2.75, 3.05) is 13.1 Å². The first-order valence-electron chi connectivity index (χ1n) is 7.05. The van der Waals surface area contributed by atoms with E-state index >= 15 is 0 Å². The molecule has 0 saturated heterocycles. The normalized spacial score (nSPS) is 20.1. The Kier molecular flexibility index (Phi) is 4.63. The lowest BCUT2D eigenvalue weighted by Crippen LogP contribution is -2.51. The summed E-state index contributed by atoms with van der Waals surface area (Å²) in [4.78, 5) is 2.39. The maximum Gasteiger partial charge on any atom is 0.154 e. The van der Waals surface area contributed by atoms with E-state index in [1.54, 1.807) is 4.68 Å². The van der Waals surface area contributed by atoms with Crippen LogP contribution in [0.4, 0.5) is 0 Å². The minimum Gasteiger partial charge on any atom is -0.385 e. The van der Waals surface area contributed by atoms with E-state index < -0.39 is 6.10 Å². The summed E-state index contributed by atoms with van der Waals surface area (Å²) in [5.41, 5.74) is 0.621. The standard InChI is InChI=1S/C13H23BrN4O/c1-4-18(5-2)13(8-6-7-9-13)11(19)10-12(14)15-16-17(10)3/h11,19H,4-9H2,1-3H3. The van der Waals surface area contributed by atoms with E-state index in [9.17, 15) is 5.11 Å². The van der Waals surface area contributed by atoms with Crippen molar-refractivity contribution < 1.29 is 5.11 Å². The minimum absolute atomic E-state index is 0.165. The summed E-state index contributed by atoms with van der Waals surface area (Å²) < 4.78 is 2.33. The summed E-state index contributed by atoms with van der Waals surface area (Å²) in [6.45, 7) is 6.23.